The summed E-state index contributed by atoms with van der Waals surface area (Å²) in [6, 6.07) is 9.71. The first-order valence-corrected chi connectivity index (χ1v) is 6.57. The molecule has 0 bridgehead atoms. The SMILES string of the molecule is CC(=O)OC[C@H]1O[C@@H](c2ccccc2)C[C@H]1OC(C)=O. The summed E-state index contributed by atoms with van der Waals surface area (Å²) in [4.78, 5) is 22.0. The molecule has 0 radical (unpaired) electrons. The van der Waals surface area contributed by atoms with E-state index in [0.29, 0.717) is 6.42 Å². The Morgan fingerprint density at radius 3 is 2.50 bits per heavy atom. The van der Waals surface area contributed by atoms with Crippen LogP contribution >= 0.6 is 0 Å². The van der Waals surface area contributed by atoms with Gasteiger partial charge in [-0.1, -0.05) is 30.3 Å². The lowest BCUT2D eigenvalue weighted by Gasteiger charge is -2.17. The summed E-state index contributed by atoms with van der Waals surface area (Å²) in [6.07, 6.45) is -0.402. The van der Waals surface area contributed by atoms with Gasteiger partial charge >= 0.3 is 11.9 Å². The molecule has 0 unspecified atom stereocenters. The minimum Gasteiger partial charge on any atom is -0.463 e. The van der Waals surface area contributed by atoms with E-state index >= 15 is 0 Å². The number of benzene rings is 1. The van der Waals surface area contributed by atoms with E-state index in [1.165, 1.54) is 13.8 Å². The number of esters is 2. The Bertz CT molecular complexity index is 470. The fraction of sp³-hybridized carbons (Fsp3) is 0.467. The molecule has 5 heteroatoms. The normalized spacial score (nSPS) is 25.2. The van der Waals surface area contributed by atoms with Crippen molar-refractivity contribution >= 4 is 11.9 Å². The van der Waals surface area contributed by atoms with Crippen LogP contribution in [0.2, 0.25) is 0 Å². The van der Waals surface area contributed by atoms with E-state index < -0.39 is 12.2 Å². The number of hydrogen-bond donors (Lipinski definition) is 0. The van der Waals surface area contributed by atoms with Gasteiger partial charge in [-0.2, -0.15) is 0 Å². The molecule has 1 aromatic carbocycles. The van der Waals surface area contributed by atoms with Gasteiger partial charge in [0.1, 0.15) is 18.8 Å². The monoisotopic (exact) mass is 278 g/mol. The first-order valence-electron chi connectivity index (χ1n) is 6.57. The summed E-state index contributed by atoms with van der Waals surface area (Å²) in [5.41, 5.74) is 1.02. The van der Waals surface area contributed by atoms with E-state index in [4.69, 9.17) is 14.2 Å². The molecule has 0 amide bonds. The van der Waals surface area contributed by atoms with Gasteiger partial charge in [-0.3, -0.25) is 9.59 Å². The van der Waals surface area contributed by atoms with Gasteiger partial charge in [-0.25, -0.2) is 0 Å². The Morgan fingerprint density at radius 1 is 1.20 bits per heavy atom. The average molecular weight is 278 g/mol. The summed E-state index contributed by atoms with van der Waals surface area (Å²) < 4.78 is 16.1. The molecule has 108 valence electrons. The largest absolute Gasteiger partial charge is 0.463 e. The van der Waals surface area contributed by atoms with E-state index in [9.17, 15) is 9.59 Å². The van der Waals surface area contributed by atoms with Crippen molar-refractivity contribution < 1.29 is 23.8 Å². The van der Waals surface area contributed by atoms with Crippen LogP contribution in [-0.2, 0) is 23.8 Å². The van der Waals surface area contributed by atoms with Gasteiger partial charge < -0.3 is 14.2 Å². The van der Waals surface area contributed by atoms with Crippen molar-refractivity contribution in [3.05, 3.63) is 35.9 Å². The smallest absolute Gasteiger partial charge is 0.302 e. The molecule has 0 aliphatic carbocycles. The Balaban J connectivity index is 2.05. The van der Waals surface area contributed by atoms with Crippen molar-refractivity contribution in [1.29, 1.82) is 0 Å². The maximum Gasteiger partial charge on any atom is 0.302 e. The number of carbonyl (C=O) groups excluding carboxylic acids is 2. The van der Waals surface area contributed by atoms with Crippen molar-refractivity contribution in [3.63, 3.8) is 0 Å². The Morgan fingerprint density at radius 2 is 1.90 bits per heavy atom. The molecule has 1 saturated heterocycles. The molecule has 0 aromatic heterocycles. The number of ether oxygens (including phenoxy) is 3. The zero-order chi connectivity index (χ0) is 14.5. The molecular weight excluding hydrogens is 260 g/mol. The Kier molecular flexibility index (Phi) is 4.74. The van der Waals surface area contributed by atoms with Crippen LogP contribution < -0.4 is 0 Å². The van der Waals surface area contributed by atoms with Gasteiger partial charge in [0.25, 0.3) is 0 Å². The van der Waals surface area contributed by atoms with E-state index in [-0.39, 0.29) is 24.6 Å². The maximum atomic E-state index is 11.1. The highest BCUT2D eigenvalue weighted by Crippen LogP contribution is 2.34. The van der Waals surface area contributed by atoms with Crippen LogP contribution in [0, 0.1) is 0 Å². The number of hydrogen-bond acceptors (Lipinski definition) is 5. The average Bonchev–Trinajstić information content (AvgIpc) is 2.80. The first kappa shape index (κ1) is 14.5. The van der Waals surface area contributed by atoms with Crippen LogP contribution in [0.3, 0.4) is 0 Å². The third kappa shape index (κ3) is 3.81. The van der Waals surface area contributed by atoms with Crippen molar-refractivity contribution in [2.45, 2.75) is 38.6 Å². The molecular formula is C15H18O5. The predicted octanol–water partition coefficient (Wildman–Crippen LogP) is 2.01. The van der Waals surface area contributed by atoms with Crippen LogP contribution in [0.4, 0.5) is 0 Å². The molecule has 0 spiro atoms. The van der Waals surface area contributed by atoms with E-state index in [2.05, 4.69) is 0 Å². The highest BCUT2D eigenvalue weighted by molar-refractivity contribution is 5.66. The van der Waals surface area contributed by atoms with Crippen LogP contribution in [0.15, 0.2) is 30.3 Å². The van der Waals surface area contributed by atoms with Gasteiger partial charge in [-0.15, -0.1) is 0 Å². The lowest BCUT2D eigenvalue weighted by Crippen LogP contribution is -2.31. The van der Waals surface area contributed by atoms with Crippen LogP contribution in [0.25, 0.3) is 0 Å². The summed E-state index contributed by atoms with van der Waals surface area (Å²) in [6.45, 7) is 2.79. The molecule has 5 nitrogen and oxygen atoms in total. The third-order valence-corrected chi connectivity index (χ3v) is 3.14. The molecule has 20 heavy (non-hydrogen) atoms. The molecule has 3 atom stereocenters. The first-order chi connectivity index (χ1) is 9.56. The number of carbonyl (C=O) groups is 2. The summed E-state index contributed by atoms with van der Waals surface area (Å²) >= 11 is 0. The molecule has 0 saturated carbocycles. The molecule has 1 aliphatic rings. The van der Waals surface area contributed by atoms with E-state index in [0.717, 1.165) is 5.56 Å². The van der Waals surface area contributed by atoms with Crippen LogP contribution in [0.5, 0.6) is 0 Å². The summed E-state index contributed by atoms with van der Waals surface area (Å²) in [5, 5.41) is 0. The highest BCUT2D eigenvalue weighted by atomic mass is 16.6. The molecule has 1 heterocycles. The van der Waals surface area contributed by atoms with Crippen molar-refractivity contribution in [2.24, 2.45) is 0 Å². The second-order valence-corrected chi connectivity index (χ2v) is 4.76. The topological polar surface area (TPSA) is 61.8 Å². The zero-order valence-electron chi connectivity index (χ0n) is 11.6. The fourth-order valence-electron chi connectivity index (χ4n) is 2.28. The highest BCUT2D eigenvalue weighted by Gasteiger charge is 2.38. The summed E-state index contributed by atoms with van der Waals surface area (Å²) in [7, 11) is 0. The number of rotatable bonds is 4. The fourth-order valence-corrected chi connectivity index (χ4v) is 2.28. The Hall–Kier alpha value is -1.88. The Labute approximate surface area is 117 Å². The molecule has 2 rings (SSSR count). The summed E-state index contributed by atoms with van der Waals surface area (Å²) in [5.74, 6) is -0.738. The maximum absolute atomic E-state index is 11.1. The second-order valence-electron chi connectivity index (χ2n) is 4.76. The van der Waals surface area contributed by atoms with E-state index in [1.54, 1.807) is 0 Å². The minimum absolute atomic E-state index is 0.0939. The molecule has 1 aromatic rings. The van der Waals surface area contributed by atoms with Crippen molar-refractivity contribution in [3.8, 4) is 0 Å². The minimum atomic E-state index is -0.423. The lowest BCUT2D eigenvalue weighted by atomic mass is 10.0. The third-order valence-electron chi connectivity index (χ3n) is 3.14. The van der Waals surface area contributed by atoms with E-state index in [1.807, 2.05) is 30.3 Å². The zero-order valence-corrected chi connectivity index (χ0v) is 11.6. The van der Waals surface area contributed by atoms with Crippen molar-refractivity contribution in [1.82, 2.24) is 0 Å². The molecule has 0 N–H and O–H groups in total. The van der Waals surface area contributed by atoms with Gasteiger partial charge in [0, 0.05) is 20.3 Å². The van der Waals surface area contributed by atoms with Gasteiger partial charge in [-0.05, 0) is 5.56 Å². The van der Waals surface area contributed by atoms with Crippen LogP contribution in [0.1, 0.15) is 31.9 Å². The quantitative estimate of drug-likeness (QED) is 0.788. The second kappa shape index (κ2) is 6.52. The molecule has 1 aliphatic heterocycles. The lowest BCUT2D eigenvalue weighted by molar-refractivity contribution is -0.154. The van der Waals surface area contributed by atoms with Crippen LogP contribution in [-0.4, -0.2) is 30.8 Å². The van der Waals surface area contributed by atoms with Gasteiger partial charge in [0.2, 0.25) is 0 Å². The van der Waals surface area contributed by atoms with Crippen molar-refractivity contribution in [2.75, 3.05) is 6.61 Å². The predicted molar refractivity (Wildman–Crippen MR) is 70.9 cm³/mol. The van der Waals surface area contributed by atoms with Gasteiger partial charge in [0.05, 0.1) is 6.10 Å². The molecule has 1 fully saturated rings. The standard InChI is InChI=1S/C15H18O5/c1-10(16)18-9-15-14(19-11(2)17)8-13(20-15)12-6-4-3-5-7-12/h3-7,13-15H,8-9H2,1-2H3/t13-,14-,15-/m1/s1. The van der Waals surface area contributed by atoms with Gasteiger partial charge in [0.15, 0.2) is 0 Å².